The quantitative estimate of drug-likeness (QED) is 0.0472. The van der Waals surface area contributed by atoms with Crippen LogP contribution in [-0.2, 0) is 49.3 Å². The molecule has 0 spiro atoms. The SMILES string of the molecule is CNC(=O)c1cc(-c2cnn(C)c2)cc(F)c1Nc1nc(Nc2ccc3c(c2)CCN(CCOC)CC3)ncc1Cl.CNC(=O)c1cc(-c2cnn(C)c2)cc(F)c1Nc1nc(Nc2ccc3c(c2)CCN(CCOC)CC3)ncc1Cl. The zero-order valence-corrected chi connectivity index (χ0v) is 47.9. The summed E-state index contributed by atoms with van der Waals surface area (Å²) in [6, 6.07) is 18.3. The van der Waals surface area contributed by atoms with Crippen molar-refractivity contribution in [2.24, 2.45) is 14.1 Å². The zero-order valence-electron chi connectivity index (χ0n) is 46.3. The van der Waals surface area contributed by atoms with Crippen molar-refractivity contribution in [2.45, 2.75) is 25.7 Å². The highest BCUT2D eigenvalue weighted by molar-refractivity contribution is 6.33. The van der Waals surface area contributed by atoms with Gasteiger partial charge >= 0.3 is 0 Å². The molecule has 10 rings (SSSR count). The molecule has 0 fully saturated rings. The van der Waals surface area contributed by atoms with E-state index in [4.69, 9.17) is 32.7 Å². The number of amides is 2. The number of nitrogens with one attached hydrogen (secondary N) is 6. The molecule has 0 bridgehead atoms. The molecule has 6 N–H and O–H groups in total. The second kappa shape index (κ2) is 27.1. The van der Waals surface area contributed by atoms with Crippen molar-refractivity contribution < 1.29 is 27.8 Å². The molecule has 8 aromatic rings. The summed E-state index contributed by atoms with van der Waals surface area (Å²) in [6.45, 7) is 7.19. The van der Waals surface area contributed by atoms with Gasteiger partial charge in [0.2, 0.25) is 11.9 Å². The van der Waals surface area contributed by atoms with Gasteiger partial charge in [-0.3, -0.25) is 19.0 Å². The second-order valence-corrected chi connectivity index (χ2v) is 20.5. The highest BCUT2D eigenvalue weighted by Gasteiger charge is 2.23. The summed E-state index contributed by atoms with van der Waals surface area (Å²) in [5, 5.41) is 26.1. The number of ether oxygens (including phenoxy) is 2. The third-order valence-corrected chi connectivity index (χ3v) is 14.7. The van der Waals surface area contributed by atoms with E-state index in [9.17, 15) is 9.59 Å². The first-order valence-electron chi connectivity index (χ1n) is 26.6. The Morgan fingerprint density at radius 3 is 1.32 bits per heavy atom. The third kappa shape index (κ3) is 14.5. The van der Waals surface area contributed by atoms with Gasteiger partial charge in [-0.25, -0.2) is 18.7 Å². The van der Waals surface area contributed by atoms with Gasteiger partial charge < -0.3 is 51.2 Å². The molecule has 24 heteroatoms. The maximum atomic E-state index is 15.5. The number of methoxy groups -OCH3 is 2. The van der Waals surface area contributed by atoms with Gasteiger partial charge in [0.1, 0.15) is 21.7 Å². The molecule has 2 aliphatic rings. The van der Waals surface area contributed by atoms with Crippen LogP contribution in [0.3, 0.4) is 0 Å². The Morgan fingerprint density at radius 2 is 0.951 bits per heavy atom. The van der Waals surface area contributed by atoms with Crippen LogP contribution in [0.1, 0.15) is 43.0 Å². The van der Waals surface area contributed by atoms with Crippen LogP contribution in [0.25, 0.3) is 22.3 Å². The van der Waals surface area contributed by atoms with Gasteiger partial charge in [0.15, 0.2) is 11.6 Å². The largest absolute Gasteiger partial charge is 0.383 e. The van der Waals surface area contributed by atoms with Gasteiger partial charge in [0.05, 0.1) is 60.5 Å². The van der Waals surface area contributed by atoms with E-state index in [1.807, 2.05) is 12.1 Å². The number of nitrogens with zero attached hydrogens (tertiary/aromatic N) is 10. The number of carbonyl (C=O) groups is 2. The number of benzene rings is 4. The predicted molar refractivity (Wildman–Crippen MR) is 316 cm³/mol. The fourth-order valence-electron chi connectivity index (χ4n) is 9.68. The zero-order chi connectivity index (χ0) is 57.9. The van der Waals surface area contributed by atoms with Crippen LogP contribution in [0.15, 0.2) is 97.8 Å². The van der Waals surface area contributed by atoms with Crippen LogP contribution in [-0.4, -0.2) is 142 Å². The van der Waals surface area contributed by atoms with Crippen LogP contribution >= 0.6 is 23.2 Å². The van der Waals surface area contributed by atoms with Crippen LogP contribution in [0, 0.1) is 11.6 Å². The average molecular weight is 1160 g/mol. The van der Waals surface area contributed by atoms with Gasteiger partial charge in [-0.1, -0.05) is 35.3 Å². The van der Waals surface area contributed by atoms with Crippen molar-refractivity contribution in [3.63, 3.8) is 0 Å². The Balaban J connectivity index is 0.000000198. The number of aromatic nitrogens is 8. The van der Waals surface area contributed by atoms with Gasteiger partial charge in [-0.15, -0.1) is 0 Å². The van der Waals surface area contributed by atoms with Crippen molar-refractivity contribution in [2.75, 3.05) is 102 Å². The third-order valence-electron chi connectivity index (χ3n) is 14.1. The molecule has 0 radical (unpaired) electrons. The van der Waals surface area contributed by atoms with Gasteiger partial charge in [0.25, 0.3) is 11.8 Å². The van der Waals surface area contributed by atoms with Crippen molar-refractivity contribution in [1.29, 1.82) is 0 Å². The van der Waals surface area contributed by atoms with E-state index in [1.165, 1.54) is 60.9 Å². The molecule has 82 heavy (non-hydrogen) atoms. The Kier molecular flexibility index (Phi) is 19.3. The van der Waals surface area contributed by atoms with Crippen molar-refractivity contribution >= 4 is 81.3 Å². The minimum atomic E-state index is -0.639. The lowest BCUT2D eigenvalue weighted by Gasteiger charge is -2.18. The van der Waals surface area contributed by atoms with E-state index < -0.39 is 23.4 Å². The standard InChI is InChI=1S/2C29H32ClFN8O2/c2*1-32-28(40)23-13-20(21-15-34-38(2)17-21)14-25(31)26(23)36-27-24(30)16-33-29(37-27)35-22-5-4-18-6-8-39(10-11-41-3)9-7-19(18)12-22/h2*4-5,12-17H,6-11H2,1-3H3,(H,32,40)(H2,33,35,36,37). The monoisotopic (exact) mass is 1160 g/mol. The maximum absolute atomic E-state index is 15.5. The van der Waals surface area contributed by atoms with Crippen LogP contribution in [0.4, 0.5) is 55.1 Å². The molecule has 428 valence electrons. The van der Waals surface area contributed by atoms with E-state index in [0.29, 0.717) is 22.3 Å². The number of halogens is 4. The van der Waals surface area contributed by atoms with E-state index in [-0.39, 0.29) is 56.1 Å². The highest BCUT2D eigenvalue weighted by Crippen LogP contribution is 2.35. The van der Waals surface area contributed by atoms with Crippen molar-refractivity contribution in [1.82, 2.24) is 59.9 Å². The predicted octanol–water partition coefficient (Wildman–Crippen LogP) is 9.13. The first-order valence-corrected chi connectivity index (χ1v) is 27.3. The van der Waals surface area contributed by atoms with Crippen LogP contribution in [0.2, 0.25) is 10.0 Å². The van der Waals surface area contributed by atoms with Gasteiger partial charge in [-0.2, -0.15) is 20.2 Å². The molecule has 0 saturated heterocycles. The Morgan fingerprint density at radius 1 is 0.549 bits per heavy atom. The number of carbonyl (C=O) groups excluding carboxylic acids is 2. The first-order chi connectivity index (χ1) is 39.7. The molecule has 6 heterocycles. The summed E-state index contributed by atoms with van der Waals surface area (Å²) < 4.78 is 44.6. The lowest BCUT2D eigenvalue weighted by molar-refractivity contribution is 0.0955. The van der Waals surface area contributed by atoms with E-state index >= 15 is 8.78 Å². The van der Waals surface area contributed by atoms with Gasteiger partial charge in [0, 0.05) is 117 Å². The number of fused-ring (bicyclic) bond motifs is 2. The van der Waals surface area contributed by atoms with Crippen molar-refractivity contribution in [3.05, 3.63) is 153 Å². The number of hydrogen-bond donors (Lipinski definition) is 6. The topological polar surface area (TPSA) is 218 Å². The molecule has 0 aliphatic carbocycles. The Bertz CT molecular complexity index is 3350. The van der Waals surface area contributed by atoms with E-state index in [1.54, 1.807) is 74.6 Å². The molecule has 4 aromatic heterocycles. The maximum Gasteiger partial charge on any atom is 0.253 e. The summed E-state index contributed by atoms with van der Waals surface area (Å²) >= 11 is 12.8. The molecule has 0 unspecified atom stereocenters. The Hall–Kier alpha value is -8.12. The minimum Gasteiger partial charge on any atom is -0.383 e. The molecule has 0 atom stereocenters. The molecule has 2 amide bonds. The summed E-state index contributed by atoms with van der Waals surface area (Å²) in [5.74, 6) is -1.34. The van der Waals surface area contributed by atoms with Crippen molar-refractivity contribution in [3.8, 4) is 22.3 Å². The molecular weight excluding hydrogens is 1090 g/mol. The van der Waals surface area contributed by atoms with E-state index in [0.717, 1.165) is 89.5 Å². The Labute approximate surface area is 484 Å². The fourth-order valence-corrected chi connectivity index (χ4v) is 9.96. The first kappa shape index (κ1) is 58.5. The van der Waals surface area contributed by atoms with Crippen LogP contribution in [0.5, 0.6) is 0 Å². The number of rotatable bonds is 18. The molecular formula is C58H64Cl2F2N16O4. The molecule has 2 aliphatic heterocycles. The van der Waals surface area contributed by atoms with Gasteiger partial charge in [-0.05, 0) is 108 Å². The smallest absolute Gasteiger partial charge is 0.253 e. The molecule has 0 saturated carbocycles. The number of aryl methyl sites for hydroxylation is 2. The molecule has 4 aromatic carbocycles. The average Bonchev–Trinajstić information content (AvgIpc) is 4.16. The summed E-state index contributed by atoms with van der Waals surface area (Å²) in [4.78, 5) is 47.9. The van der Waals surface area contributed by atoms with Crippen LogP contribution < -0.4 is 31.9 Å². The minimum absolute atomic E-state index is 0.0494. The fraction of sp³-hybridized carbons (Fsp3) is 0.310. The summed E-state index contributed by atoms with van der Waals surface area (Å²) in [7, 11) is 9.95. The second-order valence-electron chi connectivity index (χ2n) is 19.6. The highest BCUT2D eigenvalue weighted by atomic mass is 35.5. The summed E-state index contributed by atoms with van der Waals surface area (Å²) in [5.41, 5.74) is 9.34. The lowest BCUT2D eigenvalue weighted by Crippen LogP contribution is -2.29. The number of anilines is 8. The number of hydrogen-bond acceptors (Lipinski definition) is 16. The normalized spacial score (nSPS) is 13.4. The molecule has 20 nitrogen and oxygen atoms in total. The van der Waals surface area contributed by atoms with E-state index in [2.05, 4.69) is 96.1 Å². The summed E-state index contributed by atoms with van der Waals surface area (Å²) in [6.07, 6.45) is 13.4. The lowest BCUT2D eigenvalue weighted by atomic mass is 10.0.